The second kappa shape index (κ2) is 4.72. The molecule has 0 aromatic heterocycles. The van der Waals surface area contributed by atoms with E-state index in [1.165, 1.54) is 4.90 Å². The topological polar surface area (TPSA) is 101 Å². The van der Waals surface area contributed by atoms with Crippen LogP contribution in [0.15, 0.2) is 24.3 Å². The average Bonchev–Trinajstić information content (AvgIpc) is 2.60. The zero-order chi connectivity index (χ0) is 14.2. The van der Waals surface area contributed by atoms with E-state index in [0.717, 1.165) is 5.56 Å². The molecule has 2 amide bonds. The van der Waals surface area contributed by atoms with Gasteiger partial charge in [-0.15, -0.1) is 0 Å². The highest BCUT2D eigenvalue weighted by Gasteiger charge is 2.41. The van der Waals surface area contributed by atoms with Gasteiger partial charge in [0.05, 0.1) is 12.5 Å². The Bertz CT molecular complexity index is 555. The maximum absolute atomic E-state index is 12.3. The molecule has 0 saturated heterocycles. The molecule has 1 aliphatic rings. The summed E-state index contributed by atoms with van der Waals surface area (Å²) in [6, 6.07) is 5.48. The molecule has 100 valence electrons. The number of carbonyl (C=O) groups excluding carboxylic acids is 2. The SMILES string of the molecule is CC1c2ccccc2C(=O)N1C(CC(=O)O)C(N)=O. The molecular formula is C13H14N2O4. The molecule has 2 atom stereocenters. The molecule has 1 aromatic carbocycles. The quantitative estimate of drug-likeness (QED) is 0.826. The van der Waals surface area contributed by atoms with Gasteiger partial charge >= 0.3 is 5.97 Å². The summed E-state index contributed by atoms with van der Waals surface area (Å²) >= 11 is 0. The lowest BCUT2D eigenvalue weighted by molar-refractivity contribution is -0.141. The van der Waals surface area contributed by atoms with Crippen LogP contribution in [0.5, 0.6) is 0 Å². The molecule has 0 bridgehead atoms. The third-order valence-electron chi connectivity index (χ3n) is 3.33. The molecule has 0 fully saturated rings. The van der Waals surface area contributed by atoms with Crippen molar-refractivity contribution >= 4 is 17.8 Å². The molecule has 3 N–H and O–H groups in total. The van der Waals surface area contributed by atoms with Crippen molar-refractivity contribution in [1.29, 1.82) is 0 Å². The predicted octanol–water partition coefficient (Wildman–Crippen LogP) is 0.532. The highest BCUT2D eigenvalue weighted by molar-refractivity contribution is 6.02. The maximum atomic E-state index is 12.3. The van der Waals surface area contributed by atoms with Crippen molar-refractivity contribution < 1.29 is 19.5 Å². The van der Waals surface area contributed by atoms with Crippen LogP contribution in [0, 0.1) is 0 Å². The molecule has 0 saturated carbocycles. The Hall–Kier alpha value is -2.37. The van der Waals surface area contributed by atoms with Crippen molar-refractivity contribution in [1.82, 2.24) is 4.90 Å². The van der Waals surface area contributed by atoms with Crippen LogP contribution in [0.25, 0.3) is 0 Å². The number of carboxylic acid groups (broad SMARTS) is 1. The van der Waals surface area contributed by atoms with Gasteiger partial charge in [-0.1, -0.05) is 18.2 Å². The summed E-state index contributed by atoms with van der Waals surface area (Å²) in [6.07, 6.45) is -0.487. The van der Waals surface area contributed by atoms with E-state index in [2.05, 4.69) is 0 Å². The van der Waals surface area contributed by atoms with Crippen LogP contribution < -0.4 is 5.73 Å². The average molecular weight is 262 g/mol. The molecular weight excluding hydrogens is 248 g/mol. The van der Waals surface area contributed by atoms with Crippen LogP contribution in [-0.4, -0.2) is 33.8 Å². The normalized spacial score (nSPS) is 19.1. The number of primary amides is 1. The molecule has 0 aliphatic carbocycles. The number of hydrogen-bond acceptors (Lipinski definition) is 3. The van der Waals surface area contributed by atoms with E-state index < -0.39 is 24.3 Å². The van der Waals surface area contributed by atoms with E-state index in [0.29, 0.717) is 5.56 Å². The van der Waals surface area contributed by atoms with Crippen LogP contribution in [0.3, 0.4) is 0 Å². The largest absolute Gasteiger partial charge is 0.481 e. The number of fused-ring (bicyclic) bond motifs is 1. The molecule has 1 aromatic rings. The van der Waals surface area contributed by atoms with Crippen molar-refractivity contribution in [3.05, 3.63) is 35.4 Å². The van der Waals surface area contributed by atoms with Gasteiger partial charge in [-0.05, 0) is 18.6 Å². The van der Waals surface area contributed by atoms with Crippen molar-refractivity contribution in [2.24, 2.45) is 5.73 Å². The highest BCUT2D eigenvalue weighted by atomic mass is 16.4. The van der Waals surface area contributed by atoms with Crippen LogP contribution in [0.1, 0.15) is 35.3 Å². The Labute approximate surface area is 109 Å². The summed E-state index contributed by atoms with van der Waals surface area (Å²) in [5, 5.41) is 8.84. The monoisotopic (exact) mass is 262 g/mol. The molecule has 19 heavy (non-hydrogen) atoms. The molecule has 1 heterocycles. The molecule has 6 heteroatoms. The van der Waals surface area contributed by atoms with Crippen LogP contribution >= 0.6 is 0 Å². The van der Waals surface area contributed by atoms with Crippen molar-refractivity contribution in [2.45, 2.75) is 25.4 Å². The lowest BCUT2D eigenvalue weighted by Gasteiger charge is -2.28. The van der Waals surface area contributed by atoms with Crippen LogP contribution in [0.4, 0.5) is 0 Å². The summed E-state index contributed by atoms with van der Waals surface area (Å²) < 4.78 is 0. The fourth-order valence-electron chi connectivity index (χ4n) is 2.43. The number of rotatable bonds is 4. The second-order valence-corrected chi connectivity index (χ2v) is 4.49. The fourth-order valence-corrected chi connectivity index (χ4v) is 2.43. The Morgan fingerprint density at radius 2 is 2.05 bits per heavy atom. The van der Waals surface area contributed by atoms with E-state index in [9.17, 15) is 14.4 Å². The number of nitrogens with two attached hydrogens (primary N) is 1. The smallest absolute Gasteiger partial charge is 0.305 e. The molecule has 6 nitrogen and oxygen atoms in total. The predicted molar refractivity (Wildman–Crippen MR) is 66.3 cm³/mol. The van der Waals surface area contributed by atoms with Gasteiger partial charge in [0, 0.05) is 5.56 Å². The standard InChI is InChI=1S/C13H14N2O4/c1-7-8-4-2-3-5-9(8)13(19)15(7)10(12(14)18)6-11(16)17/h2-5,7,10H,6H2,1H3,(H2,14,18)(H,16,17). The summed E-state index contributed by atoms with van der Waals surface area (Å²) in [5.41, 5.74) is 6.50. The number of amides is 2. The number of benzene rings is 1. The number of aliphatic carboxylic acids is 1. The van der Waals surface area contributed by atoms with Gasteiger partial charge in [0.25, 0.3) is 5.91 Å². The first kappa shape index (κ1) is 13.1. The van der Waals surface area contributed by atoms with Gasteiger partial charge in [0.1, 0.15) is 6.04 Å². The Balaban J connectivity index is 2.39. The summed E-state index contributed by atoms with van der Waals surface area (Å²) in [5.74, 6) is -2.33. The minimum atomic E-state index is -1.17. The Kier molecular flexibility index (Phi) is 3.25. The van der Waals surface area contributed by atoms with Gasteiger partial charge in [-0.25, -0.2) is 0 Å². The van der Waals surface area contributed by atoms with Crippen LogP contribution in [0.2, 0.25) is 0 Å². The number of carbonyl (C=O) groups is 3. The van der Waals surface area contributed by atoms with E-state index in [-0.39, 0.29) is 11.9 Å². The summed E-state index contributed by atoms with van der Waals surface area (Å²) in [6.45, 7) is 1.75. The van der Waals surface area contributed by atoms with Crippen molar-refractivity contribution in [3.63, 3.8) is 0 Å². The van der Waals surface area contributed by atoms with E-state index in [1.54, 1.807) is 31.2 Å². The molecule has 2 rings (SSSR count). The lowest BCUT2D eigenvalue weighted by Crippen LogP contribution is -2.47. The first-order valence-corrected chi connectivity index (χ1v) is 5.86. The third kappa shape index (κ3) is 2.16. The Morgan fingerprint density at radius 1 is 1.42 bits per heavy atom. The van der Waals surface area contributed by atoms with Gasteiger partial charge in [0.15, 0.2) is 0 Å². The van der Waals surface area contributed by atoms with E-state index >= 15 is 0 Å². The van der Waals surface area contributed by atoms with Gasteiger partial charge < -0.3 is 15.7 Å². The lowest BCUT2D eigenvalue weighted by atomic mass is 10.1. The first-order valence-electron chi connectivity index (χ1n) is 5.86. The van der Waals surface area contributed by atoms with Crippen molar-refractivity contribution in [3.8, 4) is 0 Å². The van der Waals surface area contributed by atoms with E-state index in [1.807, 2.05) is 0 Å². The van der Waals surface area contributed by atoms with Gasteiger partial charge in [-0.3, -0.25) is 14.4 Å². The Morgan fingerprint density at radius 3 is 2.58 bits per heavy atom. The first-order chi connectivity index (χ1) is 8.93. The second-order valence-electron chi connectivity index (χ2n) is 4.49. The molecule has 0 radical (unpaired) electrons. The van der Waals surface area contributed by atoms with Gasteiger partial charge in [-0.2, -0.15) is 0 Å². The van der Waals surface area contributed by atoms with Crippen molar-refractivity contribution in [2.75, 3.05) is 0 Å². The molecule has 1 aliphatic heterocycles. The van der Waals surface area contributed by atoms with Crippen LogP contribution in [-0.2, 0) is 9.59 Å². The number of carboxylic acids is 1. The minimum absolute atomic E-state index is 0.354. The summed E-state index contributed by atoms with van der Waals surface area (Å²) in [7, 11) is 0. The number of nitrogens with zero attached hydrogens (tertiary/aromatic N) is 1. The maximum Gasteiger partial charge on any atom is 0.305 e. The van der Waals surface area contributed by atoms with E-state index in [4.69, 9.17) is 10.8 Å². The summed E-state index contributed by atoms with van der Waals surface area (Å²) in [4.78, 5) is 35.8. The minimum Gasteiger partial charge on any atom is -0.481 e. The van der Waals surface area contributed by atoms with Gasteiger partial charge in [0.2, 0.25) is 5.91 Å². The third-order valence-corrected chi connectivity index (χ3v) is 3.33. The zero-order valence-electron chi connectivity index (χ0n) is 10.4. The fraction of sp³-hybridized carbons (Fsp3) is 0.308. The zero-order valence-corrected chi connectivity index (χ0v) is 10.4. The molecule has 0 spiro atoms. The number of hydrogen-bond donors (Lipinski definition) is 2. The highest BCUT2D eigenvalue weighted by Crippen LogP contribution is 2.35. The molecule has 2 unspecified atom stereocenters.